The van der Waals surface area contributed by atoms with Gasteiger partial charge in [0.25, 0.3) is 0 Å². The van der Waals surface area contributed by atoms with E-state index in [2.05, 4.69) is 33.0 Å². The van der Waals surface area contributed by atoms with Crippen LogP contribution < -0.4 is 5.32 Å². The number of hydrogen-bond donors (Lipinski definition) is 1. The second-order valence-corrected chi connectivity index (χ2v) is 6.02. The Morgan fingerprint density at radius 2 is 2.00 bits per heavy atom. The lowest BCUT2D eigenvalue weighted by molar-refractivity contribution is 0.325. The van der Waals surface area contributed by atoms with Crippen molar-refractivity contribution in [3.8, 4) is 0 Å². The Hall–Kier alpha value is -0.600. The van der Waals surface area contributed by atoms with Crippen molar-refractivity contribution in [2.24, 2.45) is 5.41 Å². The highest BCUT2D eigenvalue weighted by Gasteiger charge is 2.20. The summed E-state index contributed by atoms with van der Waals surface area (Å²) in [5.41, 5.74) is 0.934. The fourth-order valence-electron chi connectivity index (χ4n) is 1.74. The third-order valence-corrected chi connectivity index (χ3v) is 3.03. The van der Waals surface area contributed by atoms with Gasteiger partial charge in [-0.3, -0.25) is 0 Å². The van der Waals surface area contributed by atoms with Gasteiger partial charge in [0.15, 0.2) is 0 Å². The zero-order valence-electron chi connectivity index (χ0n) is 11.0. The molecule has 1 nitrogen and oxygen atoms in total. The van der Waals surface area contributed by atoms with Crippen molar-refractivity contribution in [2.75, 3.05) is 6.54 Å². The molecule has 1 N–H and O–H groups in total. The van der Waals surface area contributed by atoms with E-state index in [0.29, 0.717) is 11.1 Å². The van der Waals surface area contributed by atoms with E-state index in [0.717, 1.165) is 18.5 Å². The third-order valence-electron chi connectivity index (χ3n) is 2.67. The average Bonchev–Trinajstić information content (AvgIpc) is 2.20. The van der Waals surface area contributed by atoms with Crippen LogP contribution in [0.15, 0.2) is 18.2 Å². The van der Waals surface area contributed by atoms with Crippen LogP contribution in [0, 0.1) is 11.2 Å². The Labute approximate surface area is 108 Å². The van der Waals surface area contributed by atoms with E-state index in [4.69, 9.17) is 11.6 Å². The summed E-state index contributed by atoms with van der Waals surface area (Å²) in [6.07, 6.45) is 0.767. The van der Waals surface area contributed by atoms with Gasteiger partial charge in [0, 0.05) is 17.6 Å². The van der Waals surface area contributed by atoms with Crippen LogP contribution in [0.1, 0.15) is 33.3 Å². The van der Waals surface area contributed by atoms with Crippen molar-refractivity contribution in [3.05, 3.63) is 34.6 Å². The summed E-state index contributed by atoms with van der Waals surface area (Å²) in [6, 6.07) is 5.00. The standard InChI is InChI=1S/C14H21ClFN/c1-10(2)17-9-14(3,4)8-11-7-12(16)5-6-13(11)15/h5-7,10,17H,8-9H2,1-4H3. The Morgan fingerprint density at radius 3 is 2.59 bits per heavy atom. The second-order valence-electron chi connectivity index (χ2n) is 5.61. The molecule has 0 atom stereocenters. The molecule has 0 unspecified atom stereocenters. The van der Waals surface area contributed by atoms with Gasteiger partial charge in [-0.2, -0.15) is 0 Å². The maximum absolute atomic E-state index is 13.2. The van der Waals surface area contributed by atoms with Crippen LogP contribution in [0.25, 0.3) is 0 Å². The zero-order valence-corrected chi connectivity index (χ0v) is 11.7. The molecule has 1 aromatic rings. The second kappa shape index (κ2) is 5.83. The van der Waals surface area contributed by atoms with E-state index in [9.17, 15) is 4.39 Å². The van der Waals surface area contributed by atoms with Crippen molar-refractivity contribution in [1.82, 2.24) is 5.32 Å². The number of rotatable bonds is 5. The van der Waals surface area contributed by atoms with Gasteiger partial charge in [0.2, 0.25) is 0 Å². The molecule has 1 aromatic carbocycles. The first-order valence-electron chi connectivity index (χ1n) is 5.97. The van der Waals surface area contributed by atoms with Crippen molar-refractivity contribution in [2.45, 2.75) is 40.2 Å². The minimum atomic E-state index is -0.225. The normalized spacial score (nSPS) is 12.2. The van der Waals surface area contributed by atoms with Crippen LogP contribution in [0.3, 0.4) is 0 Å². The molecule has 0 aromatic heterocycles. The smallest absolute Gasteiger partial charge is 0.123 e. The maximum atomic E-state index is 13.2. The number of benzene rings is 1. The molecule has 0 saturated carbocycles. The van der Waals surface area contributed by atoms with Crippen LogP contribution in [0.2, 0.25) is 5.02 Å². The topological polar surface area (TPSA) is 12.0 Å². The number of nitrogens with one attached hydrogen (secondary N) is 1. The molecule has 3 heteroatoms. The maximum Gasteiger partial charge on any atom is 0.123 e. The van der Waals surface area contributed by atoms with Crippen molar-refractivity contribution >= 4 is 11.6 Å². The lowest BCUT2D eigenvalue weighted by Crippen LogP contribution is -2.35. The zero-order chi connectivity index (χ0) is 13.1. The Bertz CT molecular complexity index is 374. The van der Waals surface area contributed by atoms with Gasteiger partial charge < -0.3 is 5.32 Å². The van der Waals surface area contributed by atoms with Gasteiger partial charge in [-0.05, 0) is 35.6 Å². The van der Waals surface area contributed by atoms with Crippen molar-refractivity contribution in [1.29, 1.82) is 0 Å². The molecule has 17 heavy (non-hydrogen) atoms. The molecule has 1 rings (SSSR count). The minimum absolute atomic E-state index is 0.0572. The van der Waals surface area contributed by atoms with Gasteiger partial charge >= 0.3 is 0 Å². The highest BCUT2D eigenvalue weighted by molar-refractivity contribution is 6.31. The fraction of sp³-hybridized carbons (Fsp3) is 0.571. The van der Waals surface area contributed by atoms with Crippen LogP contribution in [0.5, 0.6) is 0 Å². The van der Waals surface area contributed by atoms with Crippen LogP contribution in [0.4, 0.5) is 4.39 Å². The Morgan fingerprint density at radius 1 is 1.35 bits per heavy atom. The first kappa shape index (κ1) is 14.5. The van der Waals surface area contributed by atoms with Crippen molar-refractivity contribution < 1.29 is 4.39 Å². The van der Waals surface area contributed by atoms with Gasteiger partial charge in [-0.25, -0.2) is 4.39 Å². The summed E-state index contributed by atoms with van der Waals surface area (Å²) in [5, 5.41) is 4.05. The highest BCUT2D eigenvalue weighted by Crippen LogP contribution is 2.26. The number of hydrogen-bond acceptors (Lipinski definition) is 1. The van der Waals surface area contributed by atoms with Gasteiger partial charge in [-0.15, -0.1) is 0 Å². The molecule has 0 radical (unpaired) electrons. The first-order chi connectivity index (χ1) is 7.80. The molecule has 0 saturated heterocycles. The summed E-state index contributed by atoms with van der Waals surface area (Å²) in [7, 11) is 0. The SMILES string of the molecule is CC(C)NCC(C)(C)Cc1cc(F)ccc1Cl. The van der Waals surface area contributed by atoms with E-state index in [1.54, 1.807) is 6.07 Å². The van der Waals surface area contributed by atoms with E-state index >= 15 is 0 Å². The lowest BCUT2D eigenvalue weighted by Gasteiger charge is -2.27. The molecule has 0 bridgehead atoms. The third kappa shape index (κ3) is 5.05. The van der Waals surface area contributed by atoms with Crippen LogP contribution in [-0.4, -0.2) is 12.6 Å². The predicted molar refractivity (Wildman–Crippen MR) is 72.0 cm³/mol. The number of halogens is 2. The van der Waals surface area contributed by atoms with Gasteiger partial charge in [0.1, 0.15) is 5.82 Å². The van der Waals surface area contributed by atoms with E-state index in [1.165, 1.54) is 12.1 Å². The van der Waals surface area contributed by atoms with E-state index < -0.39 is 0 Å². The molecule has 0 heterocycles. The molecule has 0 amide bonds. The molecular weight excluding hydrogens is 237 g/mol. The van der Waals surface area contributed by atoms with Gasteiger partial charge in [0.05, 0.1) is 0 Å². The monoisotopic (exact) mass is 257 g/mol. The summed E-state index contributed by atoms with van der Waals surface area (Å²) in [5.74, 6) is -0.225. The molecular formula is C14H21ClFN. The molecule has 0 aliphatic carbocycles. The molecule has 96 valence electrons. The lowest BCUT2D eigenvalue weighted by atomic mass is 9.85. The van der Waals surface area contributed by atoms with Crippen LogP contribution >= 0.6 is 11.6 Å². The predicted octanol–water partition coefficient (Wildman–Crippen LogP) is 4.05. The average molecular weight is 258 g/mol. The molecule has 0 aliphatic rings. The first-order valence-corrected chi connectivity index (χ1v) is 6.35. The minimum Gasteiger partial charge on any atom is -0.314 e. The van der Waals surface area contributed by atoms with Gasteiger partial charge in [-0.1, -0.05) is 39.3 Å². The summed E-state index contributed by atoms with van der Waals surface area (Å²) < 4.78 is 13.2. The van der Waals surface area contributed by atoms with E-state index in [-0.39, 0.29) is 11.2 Å². The molecule has 0 aliphatic heterocycles. The molecule has 0 spiro atoms. The summed E-state index contributed by atoms with van der Waals surface area (Å²) in [4.78, 5) is 0. The van der Waals surface area contributed by atoms with Crippen LogP contribution in [-0.2, 0) is 6.42 Å². The van der Waals surface area contributed by atoms with E-state index in [1.807, 2.05) is 0 Å². The quantitative estimate of drug-likeness (QED) is 0.839. The highest BCUT2D eigenvalue weighted by atomic mass is 35.5. The molecule has 0 fully saturated rings. The largest absolute Gasteiger partial charge is 0.314 e. The Kier molecular flexibility index (Phi) is 4.96. The van der Waals surface area contributed by atoms with Crippen molar-refractivity contribution in [3.63, 3.8) is 0 Å². The Balaban J connectivity index is 2.71. The fourth-order valence-corrected chi connectivity index (χ4v) is 1.92. The summed E-state index contributed by atoms with van der Waals surface area (Å²) in [6.45, 7) is 9.43. The summed E-state index contributed by atoms with van der Waals surface area (Å²) >= 11 is 6.08.